The molecule has 0 N–H and O–H groups in total. The molecule has 20 heavy (non-hydrogen) atoms. The van der Waals surface area contributed by atoms with Gasteiger partial charge in [-0.2, -0.15) is 0 Å². The topological polar surface area (TPSA) is 69.4 Å². The fraction of sp³-hybridized carbons (Fsp3) is 0.133. The molecule has 2 aromatic rings. The van der Waals surface area contributed by atoms with Crippen LogP contribution in [0.5, 0.6) is 0 Å². The Morgan fingerprint density at radius 1 is 1.00 bits per heavy atom. The first-order chi connectivity index (χ1) is 9.65. The molecule has 0 unspecified atom stereocenters. The molecule has 0 saturated carbocycles. The number of hydrogen-bond donors (Lipinski definition) is 0. The number of rotatable bonds is 5. The average molecular weight is 271 g/mol. The van der Waals surface area contributed by atoms with Gasteiger partial charge in [-0.1, -0.05) is 42.5 Å². The van der Waals surface area contributed by atoms with E-state index in [0.29, 0.717) is 5.56 Å². The molecule has 0 radical (unpaired) electrons. The molecule has 0 bridgehead atoms. The summed E-state index contributed by atoms with van der Waals surface area (Å²) in [6.45, 7) is 0.229. The van der Waals surface area contributed by atoms with Crippen molar-refractivity contribution in [3.05, 3.63) is 75.8 Å². The summed E-state index contributed by atoms with van der Waals surface area (Å²) in [4.78, 5) is 21.7. The molecule has 0 aliphatic carbocycles. The fourth-order valence-corrected chi connectivity index (χ4v) is 1.69. The molecule has 0 spiro atoms. The van der Waals surface area contributed by atoms with Crippen LogP contribution in [0.3, 0.4) is 0 Å². The zero-order valence-electron chi connectivity index (χ0n) is 10.7. The summed E-state index contributed by atoms with van der Waals surface area (Å²) in [5.41, 5.74) is 1.62. The van der Waals surface area contributed by atoms with E-state index in [4.69, 9.17) is 4.74 Å². The normalized spacial score (nSPS) is 10.0. The van der Waals surface area contributed by atoms with Crippen LogP contribution in [0.25, 0.3) is 0 Å². The Morgan fingerprint density at radius 3 is 2.25 bits per heavy atom. The molecule has 0 aliphatic rings. The second kappa shape index (κ2) is 6.47. The van der Waals surface area contributed by atoms with Crippen LogP contribution in [-0.4, -0.2) is 10.9 Å². The third kappa shape index (κ3) is 3.91. The summed E-state index contributed by atoms with van der Waals surface area (Å²) >= 11 is 0. The Labute approximate surface area is 116 Å². The van der Waals surface area contributed by atoms with Crippen LogP contribution < -0.4 is 0 Å². The molecular formula is C15H13NO4. The first-order valence-corrected chi connectivity index (χ1v) is 6.08. The van der Waals surface area contributed by atoms with Gasteiger partial charge >= 0.3 is 5.97 Å². The van der Waals surface area contributed by atoms with E-state index in [9.17, 15) is 14.9 Å². The van der Waals surface area contributed by atoms with E-state index in [1.54, 1.807) is 12.1 Å². The monoisotopic (exact) mass is 271 g/mol. The van der Waals surface area contributed by atoms with E-state index in [0.717, 1.165) is 5.56 Å². The Balaban J connectivity index is 1.86. The molecular weight excluding hydrogens is 258 g/mol. The summed E-state index contributed by atoms with van der Waals surface area (Å²) < 4.78 is 5.14. The maximum Gasteiger partial charge on any atom is 0.310 e. The van der Waals surface area contributed by atoms with E-state index in [1.165, 1.54) is 12.1 Å². The zero-order valence-corrected chi connectivity index (χ0v) is 10.7. The minimum absolute atomic E-state index is 0.00593. The van der Waals surface area contributed by atoms with E-state index in [2.05, 4.69) is 0 Å². The molecule has 2 aromatic carbocycles. The van der Waals surface area contributed by atoms with Gasteiger partial charge in [-0.25, -0.2) is 0 Å². The summed E-state index contributed by atoms with van der Waals surface area (Å²) in [7, 11) is 0. The molecule has 0 aromatic heterocycles. The molecule has 102 valence electrons. The third-order valence-electron chi connectivity index (χ3n) is 2.74. The van der Waals surface area contributed by atoms with Crippen molar-refractivity contribution in [3.8, 4) is 0 Å². The molecule has 5 heteroatoms. The van der Waals surface area contributed by atoms with E-state index >= 15 is 0 Å². The predicted molar refractivity (Wildman–Crippen MR) is 73.0 cm³/mol. The largest absolute Gasteiger partial charge is 0.461 e. The maximum atomic E-state index is 11.6. The first kappa shape index (κ1) is 13.7. The highest BCUT2D eigenvalue weighted by atomic mass is 16.6. The number of nitro groups is 1. The van der Waals surface area contributed by atoms with E-state index in [1.807, 2.05) is 30.3 Å². The maximum absolute atomic E-state index is 11.6. The van der Waals surface area contributed by atoms with Crippen molar-refractivity contribution in [1.82, 2.24) is 0 Å². The molecule has 5 nitrogen and oxygen atoms in total. The Kier molecular flexibility index (Phi) is 4.44. The minimum Gasteiger partial charge on any atom is -0.461 e. The van der Waals surface area contributed by atoms with Crippen LogP contribution in [0, 0.1) is 10.1 Å². The number of benzene rings is 2. The molecule has 2 rings (SSSR count). The third-order valence-corrected chi connectivity index (χ3v) is 2.74. The summed E-state index contributed by atoms with van der Waals surface area (Å²) in [5.74, 6) is -0.359. The SMILES string of the molecule is O=C(Cc1ccc([N+](=O)[O-])cc1)OCc1ccccc1. The molecule has 0 aliphatic heterocycles. The van der Waals surface area contributed by atoms with Gasteiger partial charge in [0, 0.05) is 12.1 Å². The second-order valence-electron chi connectivity index (χ2n) is 4.25. The van der Waals surface area contributed by atoms with Crippen LogP contribution in [-0.2, 0) is 22.6 Å². The number of non-ortho nitro benzene ring substituents is 1. The fourth-order valence-electron chi connectivity index (χ4n) is 1.69. The molecule has 0 atom stereocenters. The van der Waals surface area contributed by atoms with Gasteiger partial charge in [-0.3, -0.25) is 14.9 Å². The Morgan fingerprint density at radius 2 is 1.65 bits per heavy atom. The van der Waals surface area contributed by atoms with Crippen LogP contribution in [0.1, 0.15) is 11.1 Å². The number of carbonyl (C=O) groups is 1. The highest BCUT2D eigenvalue weighted by Gasteiger charge is 2.08. The van der Waals surface area contributed by atoms with Crippen LogP contribution in [0.15, 0.2) is 54.6 Å². The Hall–Kier alpha value is -2.69. The average Bonchev–Trinajstić information content (AvgIpc) is 2.47. The van der Waals surface area contributed by atoms with Crippen molar-refractivity contribution in [2.45, 2.75) is 13.0 Å². The highest BCUT2D eigenvalue weighted by molar-refractivity contribution is 5.72. The Bertz CT molecular complexity index is 593. The summed E-state index contributed by atoms with van der Waals surface area (Å²) in [6.07, 6.45) is 0.102. The van der Waals surface area contributed by atoms with Gasteiger partial charge in [-0.15, -0.1) is 0 Å². The van der Waals surface area contributed by atoms with Gasteiger partial charge in [0.05, 0.1) is 11.3 Å². The highest BCUT2D eigenvalue weighted by Crippen LogP contribution is 2.12. The number of nitro benzene ring substituents is 1. The van der Waals surface area contributed by atoms with Crippen molar-refractivity contribution in [2.24, 2.45) is 0 Å². The molecule has 0 fully saturated rings. The number of hydrogen-bond acceptors (Lipinski definition) is 4. The zero-order chi connectivity index (χ0) is 14.4. The molecule has 0 saturated heterocycles. The predicted octanol–water partition coefficient (Wildman–Crippen LogP) is 2.88. The lowest BCUT2D eigenvalue weighted by Crippen LogP contribution is -2.08. The van der Waals surface area contributed by atoms with Gasteiger partial charge in [0.1, 0.15) is 6.61 Å². The summed E-state index contributed by atoms with van der Waals surface area (Å²) in [6, 6.07) is 15.3. The summed E-state index contributed by atoms with van der Waals surface area (Å²) in [5, 5.41) is 10.5. The van der Waals surface area contributed by atoms with Crippen molar-refractivity contribution < 1.29 is 14.5 Å². The minimum atomic E-state index is -0.475. The lowest BCUT2D eigenvalue weighted by molar-refractivity contribution is -0.384. The van der Waals surface area contributed by atoms with E-state index < -0.39 is 4.92 Å². The van der Waals surface area contributed by atoms with Crippen molar-refractivity contribution in [2.75, 3.05) is 0 Å². The number of ether oxygens (including phenoxy) is 1. The number of carbonyl (C=O) groups excluding carboxylic acids is 1. The lowest BCUT2D eigenvalue weighted by Gasteiger charge is -2.05. The number of nitrogens with zero attached hydrogens (tertiary/aromatic N) is 1. The van der Waals surface area contributed by atoms with Crippen LogP contribution in [0.2, 0.25) is 0 Å². The van der Waals surface area contributed by atoms with Gasteiger partial charge < -0.3 is 4.74 Å². The van der Waals surface area contributed by atoms with Gasteiger partial charge in [0.2, 0.25) is 0 Å². The second-order valence-corrected chi connectivity index (χ2v) is 4.25. The van der Waals surface area contributed by atoms with Crippen molar-refractivity contribution in [1.29, 1.82) is 0 Å². The van der Waals surface area contributed by atoms with Crippen LogP contribution in [0.4, 0.5) is 5.69 Å². The molecule has 0 amide bonds. The quantitative estimate of drug-likeness (QED) is 0.476. The van der Waals surface area contributed by atoms with Gasteiger partial charge in [0.25, 0.3) is 5.69 Å². The first-order valence-electron chi connectivity index (χ1n) is 6.08. The smallest absolute Gasteiger partial charge is 0.310 e. The van der Waals surface area contributed by atoms with Crippen molar-refractivity contribution >= 4 is 11.7 Å². The van der Waals surface area contributed by atoms with Gasteiger partial charge in [0.15, 0.2) is 0 Å². The van der Waals surface area contributed by atoms with Crippen LogP contribution >= 0.6 is 0 Å². The van der Waals surface area contributed by atoms with E-state index in [-0.39, 0.29) is 24.7 Å². The van der Waals surface area contributed by atoms with Gasteiger partial charge in [-0.05, 0) is 11.1 Å². The lowest BCUT2D eigenvalue weighted by atomic mass is 10.1. The standard InChI is InChI=1S/C15H13NO4/c17-15(20-11-13-4-2-1-3-5-13)10-12-6-8-14(9-7-12)16(18)19/h1-9H,10-11H2. The van der Waals surface area contributed by atoms with Crippen molar-refractivity contribution in [3.63, 3.8) is 0 Å². The number of esters is 1. The molecule has 0 heterocycles.